The van der Waals surface area contributed by atoms with Crippen LogP contribution >= 0.6 is 0 Å². The van der Waals surface area contributed by atoms with Gasteiger partial charge in [0.15, 0.2) is 0 Å². The van der Waals surface area contributed by atoms with Crippen molar-refractivity contribution < 1.29 is 27.1 Å². The van der Waals surface area contributed by atoms with Crippen LogP contribution in [0, 0.1) is 23.1 Å². The van der Waals surface area contributed by atoms with Crippen LogP contribution in [0.1, 0.15) is 37.4 Å². The van der Waals surface area contributed by atoms with E-state index in [9.17, 15) is 22.4 Å². The number of carbonyl (C=O) groups is 1. The molecule has 3 aliphatic carbocycles. The summed E-state index contributed by atoms with van der Waals surface area (Å²) >= 11 is 0. The van der Waals surface area contributed by atoms with Gasteiger partial charge in [0.1, 0.15) is 11.6 Å². The first-order chi connectivity index (χ1) is 18.6. The number of nitrogens with one attached hydrogen (secondary N) is 1. The SMILES string of the molecule is C[C@]12Cc3cnn(-c4ccc(F)cc4)c3C=C1CC[C@H]1C2=CC[C@@H](C(F)(F)F)[C@@H]1NC(=O)Oc1ccccc1. The predicted octanol–water partition coefficient (Wildman–Crippen LogP) is 7.03. The van der Waals surface area contributed by atoms with Crippen molar-refractivity contribution in [3.8, 4) is 11.4 Å². The predicted molar refractivity (Wildman–Crippen MR) is 138 cm³/mol. The molecular weight excluding hydrogens is 510 g/mol. The van der Waals surface area contributed by atoms with E-state index in [-0.39, 0.29) is 18.0 Å². The zero-order valence-electron chi connectivity index (χ0n) is 21.2. The molecule has 5 nitrogen and oxygen atoms in total. The first kappa shape index (κ1) is 25.4. The van der Waals surface area contributed by atoms with E-state index in [1.807, 2.05) is 0 Å². The van der Waals surface area contributed by atoms with Gasteiger partial charge in [0, 0.05) is 11.3 Å². The molecule has 6 rings (SSSR count). The average Bonchev–Trinajstić information content (AvgIpc) is 3.29. The lowest BCUT2D eigenvalue weighted by Crippen LogP contribution is -2.55. The van der Waals surface area contributed by atoms with E-state index in [2.05, 4.69) is 23.4 Å². The number of rotatable bonds is 3. The lowest BCUT2D eigenvalue weighted by molar-refractivity contribution is -0.186. The van der Waals surface area contributed by atoms with E-state index in [1.54, 1.807) is 59.4 Å². The second kappa shape index (κ2) is 9.39. The topological polar surface area (TPSA) is 56.2 Å². The molecule has 0 aliphatic heterocycles. The molecule has 3 aromatic rings. The standard InChI is InChI=1S/C30H27F4N3O2/c1-29-16-18-17-35-37(21-10-8-20(31)9-11-21)26(18)15-19(29)7-12-23-24(29)13-14-25(30(32,33)34)27(23)36-28(38)39-22-5-3-2-4-6-22/h2-6,8-11,13,15,17,23,25,27H,7,12,14,16H2,1H3,(H,36,38)/t23-,25+,27+,29-/m0/s1. The van der Waals surface area contributed by atoms with Crippen molar-refractivity contribution in [1.29, 1.82) is 0 Å². The van der Waals surface area contributed by atoms with Crippen LogP contribution in [0.15, 0.2) is 78.0 Å². The maximum atomic E-state index is 14.2. The number of ether oxygens (including phenoxy) is 1. The third kappa shape index (κ3) is 4.53. The minimum absolute atomic E-state index is 0.212. The number of fused-ring (bicyclic) bond motifs is 4. The van der Waals surface area contributed by atoms with Crippen molar-refractivity contribution in [2.45, 2.75) is 44.8 Å². The van der Waals surface area contributed by atoms with Gasteiger partial charge in [-0.1, -0.05) is 42.3 Å². The molecule has 0 bridgehead atoms. The molecule has 0 spiro atoms. The second-order valence-corrected chi connectivity index (χ2v) is 10.7. The van der Waals surface area contributed by atoms with Crippen LogP contribution < -0.4 is 10.1 Å². The normalized spacial score (nSPS) is 25.9. The molecular formula is C30H27F4N3O2. The van der Waals surface area contributed by atoms with Gasteiger partial charge < -0.3 is 10.1 Å². The fraction of sp³-hybridized carbons (Fsp3) is 0.333. The Morgan fingerprint density at radius 1 is 1.13 bits per heavy atom. The van der Waals surface area contributed by atoms with E-state index in [4.69, 9.17) is 4.74 Å². The van der Waals surface area contributed by atoms with E-state index >= 15 is 0 Å². The van der Waals surface area contributed by atoms with Gasteiger partial charge in [-0.2, -0.15) is 18.3 Å². The lowest BCUT2D eigenvalue weighted by atomic mass is 9.55. The molecule has 2 aromatic carbocycles. The Kier molecular flexibility index (Phi) is 6.12. The number of carbonyl (C=O) groups excluding carboxylic acids is 1. The van der Waals surface area contributed by atoms with Crippen LogP contribution in [-0.4, -0.2) is 28.1 Å². The number of allylic oxidation sites excluding steroid dienone is 2. The number of amides is 1. The summed E-state index contributed by atoms with van der Waals surface area (Å²) in [6.45, 7) is 2.07. The minimum Gasteiger partial charge on any atom is -0.410 e. The van der Waals surface area contributed by atoms with Gasteiger partial charge in [0.2, 0.25) is 0 Å². The molecule has 0 saturated heterocycles. The van der Waals surface area contributed by atoms with Crippen LogP contribution in [0.4, 0.5) is 22.4 Å². The first-order valence-electron chi connectivity index (χ1n) is 13.0. The van der Waals surface area contributed by atoms with E-state index in [0.717, 1.165) is 28.1 Å². The third-order valence-corrected chi connectivity index (χ3v) is 8.40. The van der Waals surface area contributed by atoms with Crippen molar-refractivity contribution in [3.63, 3.8) is 0 Å². The number of alkyl halides is 3. The minimum atomic E-state index is -4.47. The highest BCUT2D eigenvalue weighted by Crippen LogP contribution is 2.57. The summed E-state index contributed by atoms with van der Waals surface area (Å²) in [7, 11) is 0. The Labute approximate surface area is 223 Å². The van der Waals surface area contributed by atoms with Crippen molar-refractivity contribution in [2.75, 3.05) is 0 Å². The van der Waals surface area contributed by atoms with Crippen molar-refractivity contribution in [2.24, 2.45) is 17.3 Å². The number of hydrogen-bond acceptors (Lipinski definition) is 3. The Morgan fingerprint density at radius 3 is 2.59 bits per heavy atom. The zero-order valence-corrected chi connectivity index (χ0v) is 21.2. The maximum Gasteiger partial charge on any atom is 0.412 e. The Bertz CT molecular complexity index is 1460. The number of benzene rings is 2. The molecule has 1 heterocycles. The molecule has 1 aromatic heterocycles. The lowest BCUT2D eigenvalue weighted by Gasteiger charge is -2.51. The summed E-state index contributed by atoms with van der Waals surface area (Å²) in [6.07, 6.45) is 1.65. The van der Waals surface area contributed by atoms with Gasteiger partial charge in [-0.15, -0.1) is 0 Å². The van der Waals surface area contributed by atoms with Gasteiger partial charge in [0.05, 0.1) is 29.5 Å². The van der Waals surface area contributed by atoms with E-state index in [0.29, 0.717) is 19.3 Å². The number of hydrogen-bond donors (Lipinski definition) is 1. The Hall–Kier alpha value is -3.88. The molecule has 1 amide bonds. The molecule has 202 valence electrons. The molecule has 1 N–H and O–H groups in total. The Balaban J connectivity index is 1.31. The van der Waals surface area contributed by atoms with Gasteiger partial charge in [-0.25, -0.2) is 13.9 Å². The largest absolute Gasteiger partial charge is 0.412 e. The molecule has 3 aliphatic rings. The zero-order chi connectivity index (χ0) is 27.4. The number of halogens is 4. The second-order valence-electron chi connectivity index (χ2n) is 10.7. The summed E-state index contributed by atoms with van der Waals surface area (Å²) < 4.78 is 63.1. The molecule has 39 heavy (non-hydrogen) atoms. The van der Waals surface area contributed by atoms with Gasteiger partial charge in [-0.05, 0) is 73.7 Å². The highest BCUT2D eigenvalue weighted by atomic mass is 19.4. The van der Waals surface area contributed by atoms with Gasteiger partial charge in [0.25, 0.3) is 0 Å². The fourth-order valence-corrected chi connectivity index (χ4v) is 6.53. The van der Waals surface area contributed by atoms with E-state index in [1.165, 1.54) is 12.1 Å². The monoisotopic (exact) mass is 537 g/mol. The third-order valence-electron chi connectivity index (χ3n) is 8.40. The smallest absolute Gasteiger partial charge is 0.410 e. The van der Waals surface area contributed by atoms with Crippen molar-refractivity contribution >= 4 is 12.2 Å². The number of nitrogens with zero attached hydrogens (tertiary/aromatic N) is 2. The van der Waals surface area contributed by atoms with Crippen LogP contribution in [0.25, 0.3) is 11.8 Å². The summed E-state index contributed by atoms with van der Waals surface area (Å²) in [5, 5.41) is 7.13. The van der Waals surface area contributed by atoms with Crippen LogP contribution in [0.5, 0.6) is 5.75 Å². The van der Waals surface area contributed by atoms with Crippen LogP contribution in [-0.2, 0) is 6.42 Å². The molecule has 9 heteroatoms. The summed E-state index contributed by atoms with van der Waals surface area (Å²) in [5.74, 6) is -2.25. The summed E-state index contributed by atoms with van der Waals surface area (Å²) in [5.41, 5.74) is 4.16. The number of para-hydroxylation sites is 1. The fourth-order valence-electron chi connectivity index (χ4n) is 6.53. The molecule has 1 fully saturated rings. The van der Waals surface area contributed by atoms with Gasteiger partial charge >= 0.3 is 12.3 Å². The first-order valence-corrected chi connectivity index (χ1v) is 13.0. The highest BCUT2D eigenvalue weighted by molar-refractivity contribution is 5.71. The van der Waals surface area contributed by atoms with Crippen molar-refractivity contribution in [3.05, 3.63) is 95.1 Å². The van der Waals surface area contributed by atoms with Gasteiger partial charge in [-0.3, -0.25) is 0 Å². The summed E-state index contributed by atoms with van der Waals surface area (Å²) in [6, 6.07) is 13.3. The Morgan fingerprint density at radius 2 is 1.87 bits per heavy atom. The highest BCUT2D eigenvalue weighted by Gasteiger charge is 2.54. The molecule has 0 radical (unpaired) electrons. The quantitative estimate of drug-likeness (QED) is 0.288. The molecule has 4 atom stereocenters. The van der Waals surface area contributed by atoms with Crippen LogP contribution in [0.3, 0.4) is 0 Å². The number of aromatic nitrogens is 2. The van der Waals surface area contributed by atoms with Crippen molar-refractivity contribution in [1.82, 2.24) is 15.1 Å². The average molecular weight is 538 g/mol. The maximum absolute atomic E-state index is 14.2. The molecule has 0 unspecified atom stereocenters. The molecule has 1 saturated carbocycles. The van der Waals surface area contributed by atoms with Crippen LogP contribution in [0.2, 0.25) is 0 Å². The van der Waals surface area contributed by atoms with E-state index < -0.39 is 35.6 Å². The summed E-state index contributed by atoms with van der Waals surface area (Å²) in [4.78, 5) is 12.7.